The summed E-state index contributed by atoms with van der Waals surface area (Å²) in [6.45, 7) is 0.834. The molecule has 1 amide bonds. The Morgan fingerprint density at radius 3 is 2.22 bits per heavy atom. The number of carbonyl (C=O) groups excluding carboxylic acids is 1. The van der Waals surface area contributed by atoms with E-state index in [0.29, 0.717) is 0 Å². The average molecular weight is 359 g/mol. The summed E-state index contributed by atoms with van der Waals surface area (Å²) >= 11 is 0. The molecule has 2 N–H and O–H groups in total. The molecule has 23 heavy (non-hydrogen) atoms. The quantitative estimate of drug-likeness (QED) is 0.807. The lowest BCUT2D eigenvalue weighted by atomic mass is 9.96. The standard InChI is InChI=1S/C14H21F3N2O3.ClH/c1-8(12(20)18-9-4-2-3-5-9)19-6-10(13(21)22)11(7-19)14(15,16)17;/h8-11H,2-7H2,1H3,(H,18,20)(H,21,22);1H/t8?,10-,11-;/m1./s1. The fraction of sp³-hybridized carbons (Fsp3) is 0.857. The molecule has 0 aromatic heterocycles. The first-order chi connectivity index (χ1) is 10.2. The lowest BCUT2D eigenvalue weighted by Crippen LogP contribution is -2.47. The molecule has 5 nitrogen and oxygen atoms in total. The topological polar surface area (TPSA) is 69.6 Å². The van der Waals surface area contributed by atoms with Gasteiger partial charge in [-0.25, -0.2) is 0 Å². The Balaban J connectivity index is 0.00000264. The number of aliphatic carboxylic acids is 1. The highest BCUT2D eigenvalue weighted by molar-refractivity contribution is 5.85. The molecule has 0 aromatic carbocycles. The predicted octanol–water partition coefficient (Wildman–Crippen LogP) is 2.05. The molecule has 1 saturated heterocycles. The summed E-state index contributed by atoms with van der Waals surface area (Å²) in [5.41, 5.74) is 0. The van der Waals surface area contributed by atoms with Gasteiger partial charge in [0.1, 0.15) is 0 Å². The number of hydrogen-bond donors (Lipinski definition) is 2. The van der Waals surface area contributed by atoms with Gasteiger partial charge >= 0.3 is 12.1 Å². The SMILES string of the molecule is CC(C(=O)NC1CCCC1)N1C[C@@H](C(F)(F)F)[C@H](C(=O)O)C1.Cl. The number of halogens is 4. The minimum atomic E-state index is -4.57. The molecule has 134 valence electrons. The normalized spacial score (nSPS) is 27.5. The number of nitrogens with zero attached hydrogens (tertiary/aromatic N) is 1. The van der Waals surface area contributed by atoms with Gasteiger partial charge in [-0.1, -0.05) is 12.8 Å². The van der Waals surface area contributed by atoms with Crippen LogP contribution in [0.5, 0.6) is 0 Å². The van der Waals surface area contributed by atoms with Gasteiger partial charge in [0.15, 0.2) is 0 Å². The third-order valence-corrected chi connectivity index (χ3v) is 4.71. The number of amides is 1. The molecule has 2 aliphatic rings. The number of carboxylic acid groups (broad SMARTS) is 1. The Morgan fingerprint density at radius 1 is 1.22 bits per heavy atom. The number of nitrogens with one attached hydrogen (secondary N) is 1. The van der Waals surface area contributed by atoms with E-state index in [9.17, 15) is 22.8 Å². The summed E-state index contributed by atoms with van der Waals surface area (Å²) < 4.78 is 38.8. The lowest BCUT2D eigenvalue weighted by Gasteiger charge is -2.25. The van der Waals surface area contributed by atoms with Gasteiger partial charge in [0.05, 0.1) is 17.9 Å². The first kappa shape index (κ1) is 20.0. The van der Waals surface area contributed by atoms with Crippen molar-refractivity contribution in [3.8, 4) is 0 Å². The number of alkyl halides is 3. The van der Waals surface area contributed by atoms with E-state index < -0.39 is 36.6 Å². The van der Waals surface area contributed by atoms with E-state index in [1.165, 1.54) is 11.8 Å². The van der Waals surface area contributed by atoms with Crippen LogP contribution in [0.1, 0.15) is 32.6 Å². The van der Waals surface area contributed by atoms with Crippen molar-refractivity contribution < 1.29 is 27.9 Å². The smallest absolute Gasteiger partial charge is 0.393 e. The maximum absolute atomic E-state index is 12.9. The van der Waals surface area contributed by atoms with Crippen LogP contribution in [0.4, 0.5) is 13.2 Å². The molecular formula is C14H22ClF3N2O3. The van der Waals surface area contributed by atoms with Crippen molar-refractivity contribution in [3.05, 3.63) is 0 Å². The molecule has 0 bridgehead atoms. The largest absolute Gasteiger partial charge is 0.481 e. The molecule has 1 saturated carbocycles. The Morgan fingerprint density at radius 2 is 1.78 bits per heavy atom. The summed E-state index contributed by atoms with van der Waals surface area (Å²) in [4.78, 5) is 24.5. The average Bonchev–Trinajstić information content (AvgIpc) is 3.05. The van der Waals surface area contributed by atoms with Crippen molar-refractivity contribution in [2.24, 2.45) is 11.8 Å². The fourth-order valence-electron chi connectivity index (χ4n) is 3.29. The zero-order chi connectivity index (χ0) is 16.5. The van der Waals surface area contributed by atoms with Crippen LogP contribution in [0.15, 0.2) is 0 Å². The second kappa shape index (κ2) is 7.70. The van der Waals surface area contributed by atoms with Gasteiger partial charge in [0.2, 0.25) is 5.91 Å². The second-order valence-electron chi connectivity index (χ2n) is 6.21. The van der Waals surface area contributed by atoms with E-state index in [0.717, 1.165) is 25.7 Å². The van der Waals surface area contributed by atoms with Crippen molar-refractivity contribution in [1.82, 2.24) is 10.2 Å². The minimum Gasteiger partial charge on any atom is -0.481 e. The Kier molecular flexibility index (Phi) is 6.70. The van der Waals surface area contributed by atoms with Crippen LogP contribution >= 0.6 is 12.4 Å². The number of hydrogen-bond acceptors (Lipinski definition) is 3. The fourth-order valence-corrected chi connectivity index (χ4v) is 3.29. The first-order valence-electron chi connectivity index (χ1n) is 7.54. The van der Waals surface area contributed by atoms with Gasteiger partial charge in [0.25, 0.3) is 0 Å². The third-order valence-electron chi connectivity index (χ3n) is 4.71. The van der Waals surface area contributed by atoms with Crippen LogP contribution in [0.3, 0.4) is 0 Å². The van der Waals surface area contributed by atoms with Crippen LogP contribution in [0.2, 0.25) is 0 Å². The molecule has 1 unspecified atom stereocenters. The highest BCUT2D eigenvalue weighted by Crippen LogP contribution is 2.38. The molecular weight excluding hydrogens is 337 g/mol. The van der Waals surface area contributed by atoms with E-state index >= 15 is 0 Å². The van der Waals surface area contributed by atoms with Crippen molar-refractivity contribution in [2.75, 3.05) is 13.1 Å². The molecule has 1 aliphatic carbocycles. The molecule has 9 heteroatoms. The monoisotopic (exact) mass is 358 g/mol. The van der Waals surface area contributed by atoms with E-state index in [1.807, 2.05) is 0 Å². The third kappa shape index (κ3) is 4.73. The number of rotatable bonds is 4. The molecule has 0 aromatic rings. The van der Waals surface area contributed by atoms with Crippen LogP contribution in [0.25, 0.3) is 0 Å². The van der Waals surface area contributed by atoms with Gasteiger partial charge in [-0.3, -0.25) is 14.5 Å². The van der Waals surface area contributed by atoms with Crippen LogP contribution in [-0.4, -0.2) is 53.2 Å². The Hall–Kier alpha value is -1.02. The summed E-state index contributed by atoms with van der Waals surface area (Å²) in [5, 5.41) is 11.8. The van der Waals surface area contributed by atoms with Crippen molar-refractivity contribution >= 4 is 24.3 Å². The summed E-state index contributed by atoms with van der Waals surface area (Å²) in [6, 6.07) is -0.666. The maximum Gasteiger partial charge on any atom is 0.393 e. The van der Waals surface area contributed by atoms with Gasteiger partial charge in [-0.2, -0.15) is 13.2 Å². The summed E-state index contributed by atoms with van der Waals surface area (Å²) in [6.07, 6.45) is -0.706. The van der Waals surface area contributed by atoms with E-state index in [4.69, 9.17) is 5.11 Å². The van der Waals surface area contributed by atoms with Gasteiger partial charge in [-0.15, -0.1) is 12.4 Å². The molecule has 0 spiro atoms. The van der Waals surface area contributed by atoms with Gasteiger partial charge < -0.3 is 10.4 Å². The molecule has 3 atom stereocenters. The van der Waals surface area contributed by atoms with Crippen molar-refractivity contribution in [1.29, 1.82) is 0 Å². The Bertz CT molecular complexity index is 441. The number of likely N-dealkylation sites (tertiary alicyclic amines) is 1. The number of carbonyl (C=O) groups is 2. The Labute approximate surface area is 139 Å². The molecule has 1 heterocycles. The zero-order valence-electron chi connectivity index (χ0n) is 12.8. The zero-order valence-corrected chi connectivity index (χ0v) is 13.6. The molecule has 1 aliphatic heterocycles. The summed E-state index contributed by atoms with van der Waals surface area (Å²) in [7, 11) is 0. The highest BCUT2D eigenvalue weighted by Gasteiger charge is 2.53. The number of carboxylic acids is 1. The van der Waals surface area contributed by atoms with E-state index in [-0.39, 0.29) is 30.9 Å². The van der Waals surface area contributed by atoms with Gasteiger partial charge in [0, 0.05) is 19.1 Å². The lowest BCUT2D eigenvalue weighted by molar-refractivity contribution is -0.188. The molecule has 0 radical (unpaired) electrons. The van der Waals surface area contributed by atoms with E-state index in [2.05, 4.69) is 5.32 Å². The van der Waals surface area contributed by atoms with Crippen molar-refractivity contribution in [3.63, 3.8) is 0 Å². The van der Waals surface area contributed by atoms with Crippen LogP contribution in [-0.2, 0) is 9.59 Å². The first-order valence-corrected chi connectivity index (χ1v) is 7.54. The van der Waals surface area contributed by atoms with Gasteiger partial charge in [-0.05, 0) is 19.8 Å². The molecule has 2 rings (SSSR count). The van der Waals surface area contributed by atoms with Crippen molar-refractivity contribution in [2.45, 2.75) is 50.9 Å². The minimum absolute atomic E-state index is 0. The van der Waals surface area contributed by atoms with Crippen LogP contribution in [0, 0.1) is 11.8 Å². The van der Waals surface area contributed by atoms with Crippen LogP contribution < -0.4 is 5.32 Å². The maximum atomic E-state index is 12.9. The molecule has 2 fully saturated rings. The highest BCUT2D eigenvalue weighted by atomic mass is 35.5. The summed E-state index contributed by atoms with van der Waals surface area (Å²) in [5.74, 6) is -5.22. The second-order valence-corrected chi connectivity index (χ2v) is 6.21. The predicted molar refractivity (Wildman–Crippen MR) is 79.4 cm³/mol. The van der Waals surface area contributed by atoms with E-state index in [1.54, 1.807) is 0 Å².